The predicted molar refractivity (Wildman–Crippen MR) is 112 cm³/mol. The fourth-order valence-corrected chi connectivity index (χ4v) is 3.78. The minimum atomic E-state index is -0.124. The average molecular weight is 396 g/mol. The van der Waals surface area contributed by atoms with Gasteiger partial charge in [-0.15, -0.1) is 0 Å². The number of anilines is 1. The molecule has 6 heteroatoms. The Hall–Kier alpha value is -2.66. The van der Waals surface area contributed by atoms with Crippen LogP contribution >= 0.6 is 11.6 Å². The van der Waals surface area contributed by atoms with Gasteiger partial charge in [0.05, 0.1) is 18.0 Å². The molecule has 144 valence electrons. The minimum Gasteiger partial charge on any atom is -0.466 e. The van der Waals surface area contributed by atoms with E-state index in [4.69, 9.17) is 26.3 Å². The van der Waals surface area contributed by atoms with Crippen LogP contribution in [-0.2, 0) is 9.53 Å². The maximum atomic E-state index is 12.3. The quantitative estimate of drug-likeness (QED) is 0.598. The Labute approximate surface area is 169 Å². The smallest absolute Gasteiger partial charge is 0.310 e. The summed E-state index contributed by atoms with van der Waals surface area (Å²) in [6.07, 6.45) is 1.78. The van der Waals surface area contributed by atoms with E-state index in [1.807, 2.05) is 55.5 Å². The molecule has 3 aromatic rings. The van der Waals surface area contributed by atoms with Gasteiger partial charge in [-0.2, -0.15) is 0 Å². The van der Waals surface area contributed by atoms with Crippen molar-refractivity contribution in [1.29, 1.82) is 0 Å². The van der Waals surface area contributed by atoms with Crippen LogP contribution in [0.3, 0.4) is 0 Å². The van der Waals surface area contributed by atoms with Crippen LogP contribution < -0.4 is 4.90 Å². The van der Waals surface area contributed by atoms with Crippen LogP contribution in [0, 0.1) is 5.92 Å². The molecule has 1 aromatic heterocycles. The number of fused-ring (bicyclic) bond motifs is 1. The first kappa shape index (κ1) is 18.7. The number of benzene rings is 2. The van der Waals surface area contributed by atoms with Crippen LogP contribution in [-0.4, -0.2) is 35.6 Å². The molecule has 1 aliphatic heterocycles. The lowest BCUT2D eigenvalue weighted by Gasteiger charge is -2.33. The van der Waals surface area contributed by atoms with E-state index in [1.165, 1.54) is 0 Å². The van der Waals surface area contributed by atoms with Gasteiger partial charge in [0.2, 0.25) is 0 Å². The number of para-hydroxylation sites is 1. The van der Waals surface area contributed by atoms with E-state index in [1.54, 1.807) is 0 Å². The lowest BCUT2D eigenvalue weighted by molar-refractivity contribution is -0.148. The molecule has 2 heterocycles. The summed E-state index contributed by atoms with van der Waals surface area (Å²) in [6, 6.07) is 15.5. The van der Waals surface area contributed by atoms with Crippen molar-refractivity contribution in [2.24, 2.45) is 5.92 Å². The van der Waals surface area contributed by atoms with Crippen LogP contribution in [0.25, 0.3) is 22.3 Å². The molecule has 1 saturated heterocycles. The SMILES string of the molecule is CCOC(=O)[C@@H]1CCCN(c2nc(-c3ccc(Cl)cc3)nc3ccccc23)C1. The van der Waals surface area contributed by atoms with Crippen molar-refractivity contribution in [2.75, 3.05) is 24.6 Å². The summed E-state index contributed by atoms with van der Waals surface area (Å²) in [5.74, 6) is 1.28. The number of aromatic nitrogens is 2. The molecular formula is C22H22ClN3O2. The largest absolute Gasteiger partial charge is 0.466 e. The summed E-state index contributed by atoms with van der Waals surface area (Å²) in [5, 5.41) is 1.67. The van der Waals surface area contributed by atoms with E-state index < -0.39 is 0 Å². The number of ether oxygens (including phenoxy) is 1. The van der Waals surface area contributed by atoms with E-state index in [0.717, 1.165) is 41.7 Å². The molecule has 5 nitrogen and oxygen atoms in total. The first-order valence-electron chi connectivity index (χ1n) is 9.60. The number of hydrogen-bond acceptors (Lipinski definition) is 5. The van der Waals surface area contributed by atoms with E-state index in [0.29, 0.717) is 24.0 Å². The molecule has 28 heavy (non-hydrogen) atoms. The molecule has 0 aliphatic carbocycles. The highest BCUT2D eigenvalue weighted by molar-refractivity contribution is 6.30. The second-order valence-corrected chi connectivity index (χ2v) is 7.37. The number of esters is 1. The highest BCUT2D eigenvalue weighted by Crippen LogP contribution is 2.31. The predicted octanol–water partition coefficient (Wildman–Crippen LogP) is 4.73. The molecule has 0 saturated carbocycles. The van der Waals surface area contributed by atoms with Gasteiger partial charge in [0, 0.05) is 29.1 Å². The summed E-state index contributed by atoms with van der Waals surface area (Å²) in [4.78, 5) is 24.1. The zero-order valence-electron chi connectivity index (χ0n) is 15.8. The van der Waals surface area contributed by atoms with Crippen LogP contribution in [0.2, 0.25) is 5.02 Å². The molecular weight excluding hydrogens is 374 g/mol. The summed E-state index contributed by atoms with van der Waals surface area (Å²) in [6.45, 7) is 3.72. The summed E-state index contributed by atoms with van der Waals surface area (Å²) in [7, 11) is 0. The monoisotopic (exact) mass is 395 g/mol. The first-order chi connectivity index (χ1) is 13.7. The van der Waals surface area contributed by atoms with Gasteiger partial charge in [-0.3, -0.25) is 4.79 Å². The standard InChI is InChI=1S/C22H22ClN3O2/c1-2-28-22(27)16-6-5-13-26(14-16)21-18-7-3-4-8-19(18)24-20(25-21)15-9-11-17(23)12-10-15/h3-4,7-12,16H,2,5-6,13-14H2,1H3/t16-/m1/s1. The summed E-state index contributed by atoms with van der Waals surface area (Å²) in [5.41, 5.74) is 1.80. The normalized spacial score (nSPS) is 16.9. The van der Waals surface area contributed by atoms with Gasteiger partial charge in [-0.25, -0.2) is 9.97 Å². The molecule has 0 amide bonds. The zero-order chi connectivity index (χ0) is 19.5. The molecule has 0 unspecified atom stereocenters. The van der Waals surface area contributed by atoms with E-state index in [9.17, 15) is 4.79 Å². The van der Waals surface area contributed by atoms with Crippen molar-refractivity contribution in [2.45, 2.75) is 19.8 Å². The fourth-order valence-electron chi connectivity index (χ4n) is 3.65. The molecule has 4 rings (SSSR count). The number of carbonyl (C=O) groups excluding carboxylic acids is 1. The van der Waals surface area contributed by atoms with E-state index in [2.05, 4.69) is 4.90 Å². The Morgan fingerprint density at radius 1 is 1.18 bits per heavy atom. The van der Waals surface area contributed by atoms with Crippen molar-refractivity contribution < 1.29 is 9.53 Å². The summed E-state index contributed by atoms with van der Waals surface area (Å²) < 4.78 is 5.25. The lowest BCUT2D eigenvalue weighted by Crippen LogP contribution is -2.40. The van der Waals surface area contributed by atoms with Gasteiger partial charge in [0.25, 0.3) is 0 Å². The van der Waals surface area contributed by atoms with E-state index in [-0.39, 0.29) is 11.9 Å². The zero-order valence-corrected chi connectivity index (χ0v) is 16.5. The number of hydrogen-bond donors (Lipinski definition) is 0. The topological polar surface area (TPSA) is 55.3 Å². The van der Waals surface area contributed by atoms with Gasteiger partial charge < -0.3 is 9.64 Å². The Kier molecular flexibility index (Phi) is 5.44. The average Bonchev–Trinajstić information content (AvgIpc) is 2.74. The van der Waals surface area contributed by atoms with E-state index >= 15 is 0 Å². The highest BCUT2D eigenvalue weighted by Gasteiger charge is 2.28. The van der Waals surface area contributed by atoms with Crippen molar-refractivity contribution in [1.82, 2.24) is 9.97 Å². The number of piperidine rings is 1. The maximum absolute atomic E-state index is 12.3. The van der Waals surface area contributed by atoms with Crippen LogP contribution in [0.1, 0.15) is 19.8 Å². The molecule has 2 aromatic carbocycles. The van der Waals surface area contributed by atoms with Crippen LogP contribution in [0.4, 0.5) is 5.82 Å². The Bertz CT molecular complexity index is 991. The number of halogens is 1. The van der Waals surface area contributed by atoms with Crippen molar-refractivity contribution in [3.05, 3.63) is 53.6 Å². The number of rotatable bonds is 4. The van der Waals surface area contributed by atoms with Gasteiger partial charge in [0.1, 0.15) is 5.82 Å². The molecule has 0 radical (unpaired) electrons. The Balaban J connectivity index is 1.75. The second-order valence-electron chi connectivity index (χ2n) is 6.93. The number of nitrogens with zero attached hydrogens (tertiary/aromatic N) is 3. The highest BCUT2D eigenvalue weighted by atomic mass is 35.5. The summed E-state index contributed by atoms with van der Waals surface area (Å²) >= 11 is 6.03. The van der Waals surface area contributed by atoms with Gasteiger partial charge in [-0.1, -0.05) is 23.7 Å². The molecule has 0 N–H and O–H groups in total. The van der Waals surface area contributed by atoms with Crippen molar-refractivity contribution in [3.63, 3.8) is 0 Å². The molecule has 0 bridgehead atoms. The fraction of sp³-hybridized carbons (Fsp3) is 0.318. The molecule has 1 fully saturated rings. The maximum Gasteiger partial charge on any atom is 0.310 e. The third kappa shape index (κ3) is 3.80. The van der Waals surface area contributed by atoms with Crippen LogP contribution in [0.15, 0.2) is 48.5 Å². The lowest BCUT2D eigenvalue weighted by atomic mass is 9.98. The minimum absolute atomic E-state index is 0.122. The third-order valence-corrected chi connectivity index (χ3v) is 5.28. The third-order valence-electron chi connectivity index (χ3n) is 5.03. The Morgan fingerprint density at radius 2 is 1.96 bits per heavy atom. The Morgan fingerprint density at radius 3 is 2.75 bits per heavy atom. The van der Waals surface area contributed by atoms with Gasteiger partial charge in [-0.05, 0) is 56.2 Å². The first-order valence-corrected chi connectivity index (χ1v) is 9.98. The van der Waals surface area contributed by atoms with Crippen molar-refractivity contribution >= 4 is 34.3 Å². The molecule has 1 atom stereocenters. The van der Waals surface area contributed by atoms with Crippen LogP contribution in [0.5, 0.6) is 0 Å². The van der Waals surface area contributed by atoms with Crippen molar-refractivity contribution in [3.8, 4) is 11.4 Å². The second kappa shape index (κ2) is 8.15. The van der Waals surface area contributed by atoms with Gasteiger partial charge in [0.15, 0.2) is 5.82 Å². The number of carbonyl (C=O) groups is 1. The van der Waals surface area contributed by atoms with Gasteiger partial charge >= 0.3 is 5.97 Å². The molecule has 0 spiro atoms. The molecule has 1 aliphatic rings.